The van der Waals surface area contributed by atoms with Crippen LogP contribution in [-0.4, -0.2) is 28.7 Å². The van der Waals surface area contributed by atoms with Gasteiger partial charge in [0.25, 0.3) is 0 Å². The maximum Gasteiger partial charge on any atom is 0.249 e. The largest absolute Gasteiger partial charge is 0.496 e. The minimum absolute atomic E-state index is 0.000528. The number of halogens is 1. The summed E-state index contributed by atoms with van der Waals surface area (Å²) in [6.45, 7) is 0. The van der Waals surface area contributed by atoms with Gasteiger partial charge < -0.3 is 15.4 Å². The Bertz CT molecular complexity index is 1050. The number of para-hydroxylation sites is 1. The second kappa shape index (κ2) is 7.36. The number of amides is 2. The third-order valence-corrected chi connectivity index (χ3v) is 4.79. The first kappa shape index (κ1) is 18.1. The number of nitrogens with one attached hydrogen (secondary N) is 2. The fraction of sp³-hybridized carbons (Fsp3) is 0.150. The van der Waals surface area contributed by atoms with E-state index in [9.17, 15) is 9.59 Å². The van der Waals surface area contributed by atoms with Crippen molar-refractivity contribution >= 4 is 34.9 Å². The molecular weight excluding hydrogens is 380 g/mol. The van der Waals surface area contributed by atoms with Gasteiger partial charge in [-0.05, 0) is 30.3 Å². The third kappa shape index (κ3) is 3.32. The highest BCUT2D eigenvalue weighted by atomic mass is 35.5. The lowest BCUT2D eigenvalue weighted by molar-refractivity contribution is -0.125. The molecule has 8 heteroatoms. The quantitative estimate of drug-likeness (QED) is 0.703. The number of carbonyl (C=O) groups is 2. The van der Waals surface area contributed by atoms with E-state index >= 15 is 0 Å². The zero-order chi connectivity index (χ0) is 19.7. The van der Waals surface area contributed by atoms with Gasteiger partial charge in [0.1, 0.15) is 17.6 Å². The van der Waals surface area contributed by atoms with Gasteiger partial charge in [0.2, 0.25) is 11.8 Å². The van der Waals surface area contributed by atoms with Crippen LogP contribution in [0.15, 0.2) is 54.7 Å². The van der Waals surface area contributed by atoms with Gasteiger partial charge in [0.15, 0.2) is 0 Å². The molecule has 0 bridgehead atoms. The summed E-state index contributed by atoms with van der Waals surface area (Å²) >= 11 is 5.88. The predicted octanol–water partition coefficient (Wildman–Crippen LogP) is 3.73. The number of ether oxygens (including phenoxy) is 1. The Kier molecular flexibility index (Phi) is 4.75. The Labute approximate surface area is 166 Å². The van der Waals surface area contributed by atoms with Gasteiger partial charge in [-0.2, -0.15) is 5.10 Å². The van der Waals surface area contributed by atoms with Crippen LogP contribution in [0.2, 0.25) is 5.02 Å². The molecule has 0 radical (unpaired) electrons. The van der Waals surface area contributed by atoms with Crippen molar-refractivity contribution in [1.82, 2.24) is 9.78 Å². The lowest BCUT2D eigenvalue weighted by Crippen LogP contribution is -2.35. The minimum atomic E-state index is -0.761. The highest BCUT2D eigenvalue weighted by Crippen LogP contribution is 2.38. The Balaban J connectivity index is 1.68. The number of anilines is 2. The van der Waals surface area contributed by atoms with Crippen molar-refractivity contribution in [2.24, 2.45) is 0 Å². The first-order chi connectivity index (χ1) is 13.6. The first-order valence-electron chi connectivity index (χ1n) is 8.64. The number of aromatic nitrogens is 2. The van der Waals surface area contributed by atoms with Crippen molar-refractivity contribution in [3.63, 3.8) is 0 Å². The van der Waals surface area contributed by atoms with Gasteiger partial charge in [-0.3, -0.25) is 9.59 Å². The normalized spacial score (nSPS) is 15.5. The summed E-state index contributed by atoms with van der Waals surface area (Å²) in [5.41, 5.74) is 2.07. The highest BCUT2D eigenvalue weighted by molar-refractivity contribution is 6.30. The summed E-state index contributed by atoms with van der Waals surface area (Å²) in [7, 11) is 1.58. The minimum Gasteiger partial charge on any atom is -0.496 e. The molecule has 0 fully saturated rings. The van der Waals surface area contributed by atoms with Gasteiger partial charge in [0, 0.05) is 21.8 Å². The number of methoxy groups -OCH3 is 1. The highest BCUT2D eigenvalue weighted by Gasteiger charge is 2.33. The molecule has 7 nitrogen and oxygen atoms in total. The van der Waals surface area contributed by atoms with E-state index in [0.29, 0.717) is 27.8 Å². The Morgan fingerprint density at radius 2 is 1.96 bits per heavy atom. The molecule has 1 atom stereocenters. The fourth-order valence-corrected chi connectivity index (χ4v) is 3.32. The number of hydrogen-bond acceptors (Lipinski definition) is 4. The van der Waals surface area contributed by atoms with E-state index in [4.69, 9.17) is 16.3 Å². The van der Waals surface area contributed by atoms with Gasteiger partial charge in [0.05, 0.1) is 19.7 Å². The fourth-order valence-electron chi connectivity index (χ4n) is 3.20. The van der Waals surface area contributed by atoms with E-state index in [-0.39, 0.29) is 18.2 Å². The molecule has 1 aromatic heterocycles. The van der Waals surface area contributed by atoms with Crippen LogP contribution >= 0.6 is 11.6 Å². The molecule has 0 aliphatic carbocycles. The average molecular weight is 397 g/mol. The molecule has 2 N–H and O–H groups in total. The number of benzene rings is 2. The van der Waals surface area contributed by atoms with Crippen LogP contribution in [0.1, 0.15) is 12.5 Å². The van der Waals surface area contributed by atoms with Crippen LogP contribution in [0, 0.1) is 0 Å². The number of rotatable bonds is 4. The monoisotopic (exact) mass is 396 g/mol. The molecule has 2 amide bonds. The van der Waals surface area contributed by atoms with Gasteiger partial charge in [-0.15, -0.1) is 0 Å². The summed E-state index contributed by atoms with van der Waals surface area (Å²) in [5, 5.41) is 10.6. The van der Waals surface area contributed by atoms with E-state index < -0.39 is 6.04 Å². The zero-order valence-electron chi connectivity index (χ0n) is 15.0. The molecular formula is C20H17ClN4O3. The molecule has 0 spiro atoms. The Morgan fingerprint density at radius 3 is 2.71 bits per heavy atom. The van der Waals surface area contributed by atoms with Gasteiger partial charge in [-0.25, -0.2) is 4.68 Å². The molecule has 0 saturated carbocycles. The SMILES string of the molecule is COc1ccccc1-c1cnn2c1NC(=O)CC2C(=O)Nc1ccc(Cl)cc1. The smallest absolute Gasteiger partial charge is 0.249 e. The molecule has 1 aliphatic heterocycles. The maximum atomic E-state index is 12.8. The summed E-state index contributed by atoms with van der Waals surface area (Å²) in [5.74, 6) is 0.547. The lowest BCUT2D eigenvalue weighted by Gasteiger charge is -2.24. The number of nitrogens with zero attached hydrogens (tertiary/aromatic N) is 2. The van der Waals surface area contributed by atoms with Crippen LogP contribution < -0.4 is 15.4 Å². The number of fused-ring (bicyclic) bond motifs is 1. The molecule has 1 aliphatic rings. The Hall–Kier alpha value is -3.32. The van der Waals surface area contributed by atoms with Crippen molar-refractivity contribution in [3.05, 3.63) is 59.8 Å². The van der Waals surface area contributed by atoms with Crippen LogP contribution in [0.25, 0.3) is 11.1 Å². The van der Waals surface area contributed by atoms with Gasteiger partial charge >= 0.3 is 0 Å². The number of hydrogen-bond donors (Lipinski definition) is 2. The topological polar surface area (TPSA) is 85.2 Å². The second-order valence-corrected chi connectivity index (χ2v) is 6.75. The Morgan fingerprint density at radius 1 is 1.21 bits per heavy atom. The van der Waals surface area contributed by atoms with E-state index in [1.54, 1.807) is 37.6 Å². The molecule has 2 aromatic carbocycles. The zero-order valence-corrected chi connectivity index (χ0v) is 15.7. The number of carbonyl (C=O) groups excluding carboxylic acids is 2. The third-order valence-electron chi connectivity index (χ3n) is 4.54. The van der Waals surface area contributed by atoms with Crippen LogP contribution in [-0.2, 0) is 9.59 Å². The van der Waals surface area contributed by atoms with Crippen molar-refractivity contribution in [3.8, 4) is 16.9 Å². The van der Waals surface area contributed by atoms with E-state index in [1.807, 2.05) is 24.3 Å². The summed E-state index contributed by atoms with van der Waals surface area (Å²) < 4.78 is 6.95. The molecule has 0 saturated heterocycles. The lowest BCUT2D eigenvalue weighted by atomic mass is 10.1. The van der Waals surface area contributed by atoms with E-state index in [1.165, 1.54) is 4.68 Å². The molecule has 4 rings (SSSR count). The molecule has 28 heavy (non-hydrogen) atoms. The summed E-state index contributed by atoms with van der Waals surface area (Å²) in [6.07, 6.45) is 1.63. The average Bonchev–Trinajstić information content (AvgIpc) is 3.12. The van der Waals surface area contributed by atoms with Crippen molar-refractivity contribution in [2.45, 2.75) is 12.5 Å². The molecule has 142 valence electrons. The summed E-state index contributed by atoms with van der Waals surface area (Å²) in [6, 6.07) is 13.4. The predicted molar refractivity (Wildman–Crippen MR) is 107 cm³/mol. The van der Waals surface area contributed by atoms with Crippen LogP contribution in [0.4, 0.5) is 11.5 Å². The van der Waals surface area contributed by atoms with E-state index in [0.717, 1.165) is 5.56 Å². The van der Waals surface area contributed by atoms with E-state index in [2.05, 4.69) is 15.7 Å². The van der Waals surface area contributed by atoms with Gasteiger partial charge in [-0.1, -0.05) is 29.8 Å². The van der Waals surface area contributed by atoms with Crippen molar-refractivity contribution < 1.29 is 14.3 Å². The summed E-state index contributed by atoms with van der Waals surface area (Å²) in [4.78, 5) is 25.1. The maximum absolute atomic E-state index is 12.8. The first-order valence-corrected chi connectivity index (χ1v) is 9.02. The standard InChI is InChI=1S/C20H17ClN4O3/c1-28-17-5-3-2-4-14(17)15-11-22-25-16(10-18(26)24-19(15)25)20(27)23-13-8-6-12(21)7-9-13/h2-9,11,16H,10H2,1H3,(H,23,27)(H,24,26). The second-order valence-electron chi connectivity index (χ2n) is 6.32. The van der Waals surface area contributed by atoms with Crippen molar-refractivity contribution in [2.75, 3.05) is 17.7 Å². The van der Waals surface area contributed by atoms with Crippen LogP contribution in [0.5, 0.6) is 5.75 Å². The molecule has 3 aromatic rings. The molecule has 2 heterocycles. The molecule has 1 unspecified atom stereocenters. The van der Waals surface area contributed by atoms with Crippen LogP contribution in [0.3, 0.4) is 0 Å². The van der Waals surface area contributed by atoms with Crippen molar-refractivity contribution in [1.29, 1.82) is 0 Å².